The lowest BCUT2D eigenvalue weighted by atomic mass is 9.82. The molecule has 2 fully saturated rings. The minimum atomic E-state index is -0.838. The molecule has 8 heteroatoms. The van der Waals surface area contributed by atoms with Crippen LogP contribution >= 0.6 is 0 Å². The summed E-state index contributed by atoms with van der Waals surface area (Å²) in [5.41, 5.74) is 0. The van der Waals surface area contributed by atoms with Gasteiger partial charge < -0.3 is 20.1 Å². The summed E-state index contributed by atoms with van der Waals surface area (Å²) >= 11 is 0. The van der Waals surface area contributed by atoms with Crippen LogP contribution in [0, 0.1) is 5.92 Å². The molecule has 126 valence electrons. The average molecular weight is 322 g/mol. The van der Waals surface area contributed by atoms with Crippen LogP contribution in [0.25, 0.3) is 0 Å². The molecule has 8 nitrogen and oxygen atoms in total. The molecule has 2 N–H and O–H groups in total. The van der Waals surface area contributed by atoms with Gasteiger partial charge in [0, 0.05) is 32.1 Å². The Morgan fingerprint density at radius 2 is 2.30 bits per heavy atom. The van der Waals surface area contributed by atoms with E-state index >= 15 is 0 Å². The highest BCUT2D eigenvalue weighted by atomic mass is 16.5. The van der Waals surface area contributed by atoms with Crippen LogP contribution in [0.4, 0.5) is 4.79 Å². The van der Waals surface area contributed by atoms with Crippen molar-refractivity contribution >= 4 is 12.0 Å². The number of hydrogen-bond acceptors (Lipinski definition) is 4. The number of carboxylic acids is 1. The summed E-state index contributed by atoms with van der Waals surface area (Å²) in [6.07, 6.45) is 4.86. The fourth-order valence-corrected chi connectivity index (χ4v) is 3.33. The minimum absolute atomic E-state index is 0.0215. The highest BCUT2D eigenvalue weighted by Gasteiger charge is 2.45. The zero-order chi connectivity index (χ0) is 16.4. The van der Waals surface area contributed by atoms with Crippen molar-refractivity contribution in [1.82, 2.24) is 20.0 Å². The lowest BCUT2D eigenvalue weighted by Crippen LogP contribution is -2.59. The third-order valence-corrected chi connectivity index (χ3v) is 4.62. The Kier molecular flexibility index (Phi) is 4.51. The number of carbonyl (C=O) groups excluding carboxylic acids is 1. The molecule has 23 heavy (non-hydrogen) atoms. The lowest BCUT2D eigenvalue weighted by Gasteiger charge is -2.44. The first-order valence-electron chi connectivity index (χ1n) is 7.99. The summed E-state index contributed by atoms with van der Waals surface area (Å²) in [5, 5.41) is 16.3. The maximum Gasteiger partial charge on any atom is 0.317 e. The largest absolute Gasteiger partial charge is 0.481 e. The summed E-state index contributed by atoms with van der Waals surface area (Å²) in [5.74, 6) is -1.30. The highest BCUT2D eigenvalue weighted by molar-refractivity contribution is 5.77. The lowest BCUT2D eigenvalue weighted by molar-refractivity contribution is -0.141. The van der Waals surface area contributed by atoms with Gasteiger partial charge in [0.2, 0.25) is 0 Å². The van der Waals surface area contributed by atoms with Gasteiger partial charge in [-0.1, -0.05) is 0 Å². The molecule has 1 aromatic rings. The predicted octanol–water partition coefficient (Wildman–Crippen LogP) is 0.718. The first kappa shape index (κ1) is 15.8. The molecule has 2 amide bonds. The Morgan fingerprint density at radius 3 is 2.91 bits per heavy atom. The zero-order valence-corrected chi connectivity index (χ0v) is 13.1. The first-order valence-corrected chi connectivity index (χ1v) is 7.99. The summed E-state index contributed by atoms with van der Waals surface area (Å²) in [6.45, 7) is 3.32. The second-order valence-corrected chi connectivity index (χ2v) is 6.03. The van der Waals surface area contributed by atoms with Gasteiger partial charge >= 0.3 is 12.0 Å². The van der Waals surface area contributed by atoms with Crippen LogP contribution in [0.3, 0.4) is 0 Å². The number of aromatic nitrogens is 2. The standard InChI is InChI=1S/C15H22N4O4/c1-2-23-12-8-11(13(12)19-6-3-5-16-19)17-15(22)18-7-4-10(9-18)14(20)21/h3,5-6,10-13H,2,4,7-9H2,1H3,(H,17,22)(H,20,21)/t10-,11+,12-,13+/m1/s1. The second-order valence-electron chi connectivity index (χ2n) is 6.03. The topological polar surface area (TPSA) is 96.7 Å². The van der Waals surface area contributed by atoms with Crippen molar-refractivity contribution in [2.45, 2.75) is 38.0 Å². The van der Waals surface area contributed by atoms with Crippen molar-refractivity contribution in [3.05, 3.63) is 18.5 Å². The van der Waals surface area contributed by atoms with E-state index in [1.165, 1.54) is 0 Å². The van der Waals surface area contributed by atoms with Crippen molar-refractivity contribution in [3.8, 4) is 0 Å². The van der Waals surface area contributed by atoms with Crippen LogP contribution in [0.2, 0.25) is 0 Å². The molecule has 3 rings (SSSR count). The monoisotopic (exact) mass is 322 g/mol. The number of rotatable bonds is 5. The van der Waals surface area contributed by atoms with Crippen LogP contribution < -0.4 is 5.32 Å². The Labute approximate surface area is 134 Å². The normalized spacial score (nSPS) is 30.0. The van der Waals surface area contributed by atoms with Gasteiger partial charge in [-0.2, -0.15) is 5.10 Å². The van der Waals surface area contributed by atoms with Crippen LogP contribution in [0.15, 0.2) is 18.5 Å². The molecule has 1 saturated heterocycles. The van der Waals surface area contributed by atoms with E-state index in [1.54, 1.807) is 11.1 Å². The number of nitrogens with one attached hydrogen (secondary N) is 1. The maximum atomic E-state index is 12.3. The summed E-state index contributed by atoms with van der Waals surface area (Å²) in [7, 11) is 0. The maximum absolute atomic E-state index is 12.3. The summed E-state index contributed by atoms with van der Waals surface area (Å²) in [6, 6.07) is 1.57. The number of carbonyl (C=O) groups is 2. The van der Waals surface area contributed by atoms with E-state index in [0.29, 0.717) is 19.6 Å². The number of aliphatic carboxylic acids is 1. The van der Waals surface area contributed by atoms with Crippen molar-refractivity contribution < 1.29 is 19.4 Å². The van der Waals surface area contributed by atoms with Crippen LogP contribution in [-0.4, -0.2) is 63.6 Å². The number of likely N-dealkylation sites (tertiary alicyclic amines) is 1. The number of nitrogens with zero attached hydrogens (tertiary/aromatic N) is 3. The molecule has 0 aromatic carbocycles. The van der Waals surface area contributed by atoms with E-state index in [-0.39, 0.29) is 30.8 Å². The van der Waals surface area contributed by atoms with E-state index in [9.17, 15) is 9.59 Å². The molecule has 1 aromatic heterocycles. The predicted molar refractivity (Wildman–Crippen MR) is 80.9 cm³/mol. The number of carboxylic acid groups (broad SMARTS) is 1. The molecule has 2 heterocycles. The van der Waals surface area contributed by atoms with E-state index < -0.39 is 11.9 Å². The molecular weight excluding hydrogens is 300 g/mol. The molecule has 0 bridgehead atoms. The zero-order valence-electron chi connectivity index (χ0n) is 13.1. The Bertz CT molecular complexity index is 562. The van der Waals surface area contributed by atoms with Gasteiger partial charge in [-0.15, -0.1) is 0 Å². The molecule has 0 radical (unpaired) electrons. The fraction of sp³-hybridized carbons (Fsp3) is 0.667. The molecule has 4 atom stereocenters. The minimum Gasteiger partial charge on any atom is -0.481 e. The van der Waals surface area contributed by atoms with Crippen molar-refractivity contribution in [1.29, 1.82) is 0 Å². The summed E-state index contributed by atoms with van der Waals surface area (Å²) < 4.78 is 7.51. The molecule has 0 spiro atoms. The second kappa shape index (κ2) is 6.57. The first-order chi connectivity index (χ1) is 11.1. The molecule has 2 aliphatic rings. The molecule has 1 aliphatic carbocycles. The van der Waals surface area contributed by atoms with E-state index in [2.05, 4.69) is 10.4 Å². The Balaban J connectivity index is 1.59. The molecular formula is C15H22N4O4. The third kappa shape index (κ3) is 3.17. The van der Waals surface area contributed by atoms with Crippen LogP contribution in [-0.2, 0) is 9.53 Å². The quantitative estimate of drug-likeness (QED) is 0.832. The number of ether oxygens (including phenoxy) is 1. The third-order valence-electron chi connectivity index (χ3n) is 4.62. The van der Waals surface area contributed by atoms with Gasteiger partial charge in [0.25, 0.3) is 0 Å². The smallest absolute Gasteiger partial charge is 0.317 e. The average Bonchev–Trinajstić information content (AvgIpc) is 3.16. The van der Waals surface area contributed by atoms with E-state index in [1.807, 2.05) is 23.9 Å². The number of hydrogen-bond donors (Lipinski definition) is 2. The van der Waals surface area contributed by atoms with E-state index in [4.69, 9.17) is 9.84 Å². The van der Waals surface area contributed by atoms with Gasteiger partial charge in [0.05, 0.1) is 24.1 Å². The van der Waals surface area contributed by atoms with Gasteiger partial charge in [-0.3, -0.25) is 9.48 Å². The van der Waals surface area contributed by atoms with Crippen LogP contribution in [0.1, 0.15) is 25.8 Å². The Hall–Kier alpha value is -2.09. The van der Waals surface area contributed by atoms with Gasteiger partial charge in [0.15, 0.2) is 0 Å². The van der Waals surface area contributed by atoms with Crippen molar-refractivity contribution in [3.63, 3.8) is 0 Å². The van der Waals surface area contributed by atoms with Crippen molar-refractivity contribution in [2.75, 3.05) is 19.7 Å². The van der Waals surface area contributed by atoms with Gasteiger partial charge in [-0.05, 0) is 25.8 Å². The Morgan fingerprint density at radius 1 is 1.48 bits per heavy atom. The van der Waals surface area contributed by atoms with Crippen molar-refractivity contribution in [2.24, 2.45) is 5.92 Å². The van der Waals surface area contributed by atoms with Gasteiger partial charge in [-0.25, -0.2) is 4.79 Å². The molecule has 0 unspecified atom stereocenters. The molecule has 1 aliphatic heterocycles. The van der Waals surface area contributed by atoms with Crippen LogP contribution in [0.5, 0.6) is 0 Å². The highest BCUT2D eigenvalue weighted by Crippen LogP contribution is 2.35. The SMILES string of the molecule is CCO[C@@H]1C[C@H](NC(=O)N2CC[C@@H](C(=O)O)C2)[C@@H]1n1cccn1. The number of urea groups is 1. The summed E-state index contributed by atoms with van der Waals surface area (Å²) in [4.78, 5) is 24.9. The fourth-order valence-electron chi connectivity index (χ4n) is 3.33. The van der Waals surface area contributed by atoms with Gasteiger partial charge in [0.1, 0.15) is 0 Å². The van der Waals surface area contributed by atoms with E-state index in [0.717, 1.165) is 6.42 Å². The number of amides is 2. The molecule has 1 saturated carbocycles.